The number of aliphatic hydroxyl groups is 1. The standard InChI is InChI=1S/C3H9NOS.ClH/c4-3(1-5)2-6;/h3,5-6H,1-2,4H2;1H/t3-;/m1./s1. The van der Waals surface area contributed by atoms with Crippen LogP contribution < -0.4 is 5.73 Å². The number of halogens is 1. The van der Waals surface area contributed by atoms with E-state index in [4.69, 9.17) is 10.8 Å². The third kappa shape index (κ3) is 6.56. The summed E-state index contributed by atoms with van der Waals surface area (Å²) in [4.78, 5) is 0. The zero-order valence-corrected chi connectivity index (χ0v) is 5.58. The van der Waals surface area contributed by atoms with Crippen LogP contribution in [0.25, 0.3) is 0 Å². The second-order valence-corrected chi connectivity index (χ2v) is 1.49. The van der Waals surface area contributed by atoms with E-state index in [0.717, 1.165) is 0 Å². The Morgan fingerprint density at radius 1 is 1.71 bits per heavy atom. The fraction of sp³-hybridized carbons (Fsp3) is 1.00. The fourth-order valence-corrected chi connectivity index (χ4v) is 0.173. The molecular formula is C3H10ClNOS. The molecule has 0 saturated heterocycles. The lowest BCUT2D eigenvalue weighted by Crippen LogP contribution is -2.25. The van der Waals surface area contributed by atoms with Crippen LogP contribution in [0.5, 0.6) is 0 Å². The predicted molar refractivity (Wildman–Crippen MR) is 36.2 cm³/mol. The molecule has 46 valence electrons. The molecule has 0 unspecified atom stereocenters. The summed E-state index contributed by atoms with van der Waals surface area (Å²) in [6, 6.07) is -0.145. The molecule has 0 aromatic heterocycles. The topological polar surface area (TPSA) is 46.2 Å². The number of aliphatic hydroxyl groups excluding tert-OH is 1. The van der Waals surface area contributed by atoms with Crippen LogP contribution >= 0.6 is 25.0 Å². The predicted octanol–water partition coefficient (Wildman–Crippen LogP) is -0.342. The molecule has 0 radical (unpaired) electrons. The highest BCUT2D eigenvalue weighted by Crippen LogP contribution is 1.77. The minimum absolute atomic E-state index is 0. The smallest absolute Gasteiger partial charge is 0.0590 e. The van der Waals surface area contributed by atoms with Crippen LogP contribution in [0, 0.1) is 0 Å². The maximum Gasteiger partial charge on any atom is 0.0590 e. The average molecular weight is 144 g/mol. The van der Waals surface area contributed by atoms with Crippen molar-refractivity contribution in [2.45, 2.75) is 6.04 Å². The monoisotopic (exact) mass is 143 g/mol. The van der Waals surface area contributed by atoms with Crippen molar-refractivity contribution in [3.05, 3.63) is 0 Å². The van der Waals surface area contributed by atoms with Gasteiger partial charge in [0, 0.05) is 11.8 Å². The molecule has 0 fully saturated rings. The number of hydrogen-bond acceptors (Lipinski definition) is 3. The number of hydrogen-bond donors (Lipinski definition) is 3. The van der Waals surface area contributed by atoms with Crippen LogP contribution in [0.4, 0.5) is 0 Å². The Kier molecular flexibility index (Phi) is 9.86. The van der Waals surface area contributed by atoms with Gasteiger partial charge in [-0.25, -0.2) is 0 Å². The summed E-state index contributed by atoms with van der Waals surface area (Å²) in [5.74, 6) is 0.552. The molecule has 0 bridgehead atoms. The first-order chi connectivity index (χ1) is 2.81. The van der Waals surface area contributed by atoms with Gasteiger partial charge in [-0.1, -0.05) is 0 Å². The maximum atomic E-state index is 8.16. The summed E-state index contributed by atoms with van der Waals surface area (Å²) in [5, 5.41) is 8.16. The van der Waals surface area contributed by atoms with Crippen molar-refractivity contribution < 1.29 is 5.11 Å². The fourth-order valence-electron chi connectivity index (χ4n) is 0.0577. The Morgan fingerprint density at radius 2 is 2.14 bits per heavy atom. The van der Waals surface area contributed by atoms with Gasteiger partial charge >= 0.3 is 0 Å². The van der Waals surface area contributed by atoms with E-state index in [1.165, 1.54) is 0 Å². The van der Waals surface area contributed by atoms with Crippen LogP contribution in [-0.4, -0.2) is 23.5 Å². The zero-order chi connectivity index (χ0) is 4.99. The minimum Gasteiger partial charge on any atom is -0.395 e. The van der Waals surface area contributed by atoms with Crippen molar-refractivity contribution in [3.8, 4) is 0 Å². The molecule has 0 spiro atoms. The Hall–Kier alpha value is 0.560. The summed E-state index contributed by atoms with van der Waals surface area (Å²) < 4.78 is 0. The van der Waals surface area contributed by atoms with Gasteiger partial charge in [-0.05, 0) is 0 Å². The largest absolute Gasteiger partial charge is 0.395 e. The van der Waals surface area contributed by atoms with Crippen LogP contribution in [0.2, 0.25) is 0 Å². The van der Waals surface area contributed by atoms with Crippen molar-refractivity contribution in [1.82, 2.24) is 0 Å². The molecule has 3 N–H and O–H groups in total. The first kappa shape index (κ1) is 10.5. The SMILES string of the molecule is Cl.N[C@H](CO)CS. The highest BCUT2D eigenvalue weighted by Gasteiger charge is 1.90. The molecule has 1 atom stereocenters. The molecule has 2 nitrogen and oxygen atoms in total. The summed E-state index contributed by atoms with van der Waals surface area (Å²) >= 11 is 3.81. The third-order valence-corrected chi connectivity index (χ3v) is 0.938. The van der Waals surface area contributed by atoms with E-state index >= 15 is 0 Å². The normalized spacial score (nSPS) is 12.4. The van der Waals surface area contributed by atoms with Crippen LogP contribution in [0.1, 0.15) is 0 Å². The third-order valence-electron chi connectivity index (χ3n) is 0.469. The van der Waals surface area contributed by atoms with Crippen molar-refractivity contribution in [3.63, 3.8) is 0 Å². The van der Waals surface area contributed by atoms with E-state index in [0.29, 0.717) is 5.75 Å². The lowest BCUT2D eigenvalue weighted by molar-refractivity contribution is 0.275. The van der Waals surface area contributed by atoms with Crippen molar-refractivity contribution in [1.29, 1.82) is 0 Å². The van der Waals surface area contributed by atoms with Gasteiger partial charge in [0.2, 0.25) is 0 Å². The molecule has 0 aliphatic heterocycles. The Labute approximate surface area is 54.9 Å². The van der Waals surface area contributed by atoms with E-state index in [9.17, 15) is 0 Å². The van der Waals surface area contributed by atoms with E-state index in [1.54, 1.807) is 0 Å². The van der Waals surface area contributed by atoms with E-state index in [1.807, 2.05) is 0 Å². The second-order valence-electron chi connectivity index (χ2n) is 1.13. The molecule has 0 aliphatic carbocycles. The lowest BCUT2D eigenvalue weighted by atomic mass is 10.4. The minimum atomic E-state index is -0.145. The van der Waals surface area contributed by atoms with E-state index in [2.05, 4.69) is 12.6 Å². The molecule has 0 rings (SSSR count). The van der Waals surface area contributed by atoms with Gasteiger partial charge < -0.3 is 10.8 Å². The second kappa shape index (κ2) is 6.56. The van der Waals surface area contributed by atoms with E-state index < -0.39 is 0 Å². The van der Waals surface area contributed by atoms with Crippen LogP contribution in [0.15, 0.2) is 0 Å². The molecule has 0 heterocycles. The van der Waals surface area contributed by atoms with Crippen molar-refractivity contribution >= 4 is 25.0 Å². The average Bonchev–Trinajstić information content (AvgIpc) is 1.65. The summed E-state index contributed by atoms with van der Waals surface area (Å²) in [6.07, 6.45) is 0. The van der Waals surface area contributed by atoms with Gasteiger partial charge in [0.05, 0.1) is 6.61 Å². The van der Waals surface area contributed by atoms with Gasteiger partial charge in [-0.15, -0.1) is 12.4 Å². The van der Waals surface area contributed by atoms with Crippen molar-refractivity contribution in [2.24, 2.45) is 5.73 Å². The highest BCUT2D eigenvalue weighted by molar-refractivity contribution is 7.80. The van der Waals surface area contributed by atoms with Gasteiger partial charge in [0.25, 0.3) is 0 Å². The molecule has 0 aliphatic rings. The number of thiol groups is 1. The quantitative estimate of drug-likeness (QED) is 0.463. The molecule has 0 amide bonds. The molecule has 7 heavy (non-hydrogen) atoms. The van der Waals surface area contributed by atoms with Crippen molar-refractivity contribution in [2.75, 3.05) is 12.4 Å². The van der Waals surface area contributed by atoms with Gasteiger partial charge in [-0.2, -0.15) is 12.6 Å². The van der Waals surface area contributed by atoms with Gasteiger partial charge in [0.15, 0.2) is 0 Å². The molecular weight excluding hydrogens is 134 g/mol. The zero-order valence-electron chi connectivity index (χ0n) is 3.87. The number of rotatable bonds is 2. The van der Waals surface area contributed by atoms with Gasteiger partial charge in [-0.3, -0.25) is 0 Å². The maximum absolute atomic E-state index is 8.16. The number of nitrogens with two attached hydrogens (primary N) is 1. The first-order valence-corrected chi connectivity index (χ1v) is 2.41. The molecule has 0 aromatic rings. The molecule has 4 heteroatoms. The Balaban J connectivity index is 0. The summed E-state index contributed by atoms with van der Waals surface area (Å²) in [5.41, 5.74) is 5.15. The summed E-state index contributed by atoms with van der Waals surface area (Å²) in [6.45, 7) is 0.0312. The molecule has 0 aromatic carbocycles. The summed E-state index contributed by atoms with van der Waals surface area (Å²) in [7, 11) is 0. The highest BCUT2D eigenvalue weighted by atomic mass is 35.5. The Morgan fingerprint density at radius 3 is 2.14 bits per heavy atom. The van der Waals surface area contributed by atoms with Crippen LogP contribution in [-0.2, 0) is 0 Å². The van der Waals surface area contributed by atoms with Gasteiger partial charge in [0.1, 0.15) is 0 Å². The Bertz CT molecular complexity index is 34.1. The van der Waals surface area contributed by atoms with Crippen LogP contribution in [0.3, 0.4) is 0 Å². The first-order valence-electron chi connectivity index (χ1n) is 1.78. The van der Waals surface area contributed by atoms with E-state index in [-0.39, 0.29) is 25.1 Å². The lowest BCUT2D eigenvalue weighted by Gasteiger charge is -1.98. The molecule has 0 saturated carbocycles.